The lowest BCUT2D eigenvalue weighted by molar-refractivity contribution is 0.647. The zero-order chi connectivity index (χ0) is 10.7. The minimum absolute atomic E-state index is 0.423. The summed E-state index contributed by atoms with van der Waals surface area (Å²) in [6.07, 6.45) is 5.51. The van der Waals surface area contributed by atoms with Gasteiger partial charge in [0.15, 0.2) is 0 Å². The van der Waals surface area contributed by atoms with Crippen LogP contribution in [0, 0.1) is 6.92 Å². The van der Waals surface area contributed by atoms with E-state index in [9.17, 15) is 0 Å². The van der Waals surface area contributed by atoms with Gasteiger partial charge in [0, 0.05) is 18.9 Å². The van der Waals surface area contributed by atoms with Crippen LogP contribution in [0.4, 0.5) is 0 Å². The van der Waals surface area contributed by atoms with Gasteiger partial charge in [-0.2, -0.15) is 0 Å². The molecule has 0 aliphatic rings. The Morgan fingerprint density at radius 3 is 2.93 bits per heavy atom. The van der Waals surface area contributed by atoms with Crippen molar-refractivity contribution in [2.75, 3.05) is 0 Å². The first-order chi connectivity index (χ1) is 7.28. The van der Waals surface area contributed by atoms with Gasteiger partial charge in [0.05, 0.1) is 18.4 Å². The average molecular weight is 203 g/mol. The molecule has 2 aromatic heterocycles. The maximum absolute atomic E-state index is 5.45. The van der Waals surface area contributed by atoms with Gasteiger partial charge in [-0.25, -0.2) is 4.68 Å². The molecule has 0 bridgehead atoms. The fraction of sp³-hybridized carbons (Fsp3) is 0.300. The van der Waals surface area contributed by atoms with E-state index >= 15 is 0 Å². The molecule has 0 amide bonds. The second-order valence-corrected chi connectivity index (χ2v) is 3.48. The fourth-order valence-corrected chi connectivity index (χ4v) is 1.40. The lowest BCUT2D eigenvalue weighted by Gasteiger charge is -2.00. The summed E-state index contributed by atoms with van der Waals surface area (Å²) in [5.41, 5.74) is 8.51. The highest BCUT2D eigenvalue weighted by Crippen LogP contribution is 2.03. The standard InChI is InChI=1S/C10H13N5/c1-8-2-9(5-12-4-8)6-15-7-10(3-11)13-14-15/h2,4-5,7H,3,6,11H2,1H3. The van der Waals surface area contributed by atoms with E-state index in [4.69, 9.17) is 5.73 Å². The summed E-state index contributed by atoms with van der Waals surface area (Å²) in [5, 5.41) is 7.89. The molecule has 0 fully saturated rings. The Morgan fingerprint density at radius 2 is 2.27 bits per heavy atom. The van der Waals surface area contributed by atoms with Gasteiger partial charge >= 0.3 is 0 Å². The summed E-state index contributed by atoms with van der Waals surface area (Å²) >= 11 is 0. The molecule has 2 N–H and O–H groups in total. The van der Waals surface area contributed by atoms with Crippen molar-refractivity contribution in [1.82, 2.24) is 20.0 Å². The first-order valence-corrected chi connectivity index (χ1v) is 4.77. The molecule has 0 saturated heterocycles. The topological polar surface area (TPSA) is 69.6 Å². The molecular weight excluding hydrogens is 190 g/mol. The number of hydrogen-bond donors (Lipinski definition) is 1. The number of pyridine rings is 1. The Morgan fingerprint density at radius 1 is 1.40 bits per heavy atom. The lowest BCUT2D eigenvalue weighted by Crippen LogP contribution is -2.01. The first kappa shape index (κ1) is 9.79. The molecule has 0 radical (unpaired) electrons. The smallest absolute Gasteiger partial charge is 0.0962 e. The van der Waals surface area contributed by atoms with E-state index in [1.54, 1.807) is 4.68 Å². The van der Waals surface area contributed by atoms with Gasteiger partial charge in [0.2, 0.25) is 0 Å². The molecule has 5 nitrogen and oxygen atoms in total. The molecule has 2 rings (SSSR count). The fourth-order valence-electron chi connectivity index (χ4n) is 1.40. The number of nitrogens with zero attached hydrogens (tertiary/aromatic N) is 4. The average Bonchev–Trinajstić information content (AvgIpc) is 2.65. The molecule has 0 atom stereocenters. The quantitative estimate of drug-likeness (QED) is 0.788. The van der Waals surface area contributed by atoms with Crippen LogP contribution in [0.1, 0.15) is 16.8 Å². The van der Waals surface area contributed by atoms with E-state index in [2.05, 4.69) is 21.4 Å². The van der Waals surface area contributed by atoms with Gasteiger partial charge in [0.25, 0.3) is 0 Å². The van der Waals surface area contributed by atoms with Crippen molar-refractivity contribution in [2.24, 2.45) is 5.73 Å². The molecule has 5 heteroatoms. The van der Waals surface area contributed by atoms with Gasteiger partial charge in [-0.15, -0.1) is 5.10 Å². The molecule has 0 saturated carbocycles. The predicted octanol–water partition coefficient (Wildman–Crippen LogP) is 0.489. The van der Waals surface area contributed by atoms with Crippen LogP contribution in [0.3, 0.4) is 0 Å². The van der Waals surface area contributed by atoms with Gasteiger partial charge < -0.3 is 5.73 Å². The molecule has 0 unspecified atom stereocenters. The number of rotatable bonds is 3. The maximum Gasteiger partial charge on any atom is 0.0962 e. The summed E-state index contributed by atoms with van der Waals surface area (Å²) in [6, 6.07) is 2.08. The molecule has 0 aromatic carbocycles. The Kier molecular flexibility index (Phi) is 2.73. The summed E-state index contributed by atoms with van der Waals surface area (Å²) in [7, 11) is 0. The molecule has 15 heavy (non-hydrogen) atoms. The Hall–Kier alpha value is -1.75. The van der Waals surface area contributed by atoms with Crippen molar-refractivity contribution < 1.29 is 0 Å². The van der Waals surface area contributed by atoms with Crippen LogP contribution in [-0.4, -0.2) is 20.0 Å². The van der Waals surface area contributed by atoms with E-state index < -0.39 is 0 Å². The third-order valence-electron chi connectivity index (χ3n) is 2.07. The van der Waals surface area contributed by atoms with Crippen molar-refractivity contribution in [3.05, 3.63) is 41.5 Å². The summed E-state index contributed by atoms with van der Waals surface area (Å²) in [4.78, 5) is 4.12. The van der Waals surface area contributed by atoms with Crippen molar-refractivity contribution in [1.29, 1.82) is 0 Å². The summed E-state index contributed by atoms with van der Waals surface area (Å²) < 4.78 is 1.76. The molecule has 0 spiro atoms. The summed E-state index contributed by atoms with van der Waals surface area (Å²) in [6.45, 7) is 3.12. The largest absolute Gasteiger partial charge is 0.325 e. The number of nitrogens with two attached hydrogens (primary N) is 1. The van der Waals surface area contributed by atoms with Crippen molar-refractivity contribution in [3.8, 4) is 0 Å². The van der Waals surface area contributed by atoms with Gasteiger partial charge in [-0.3, -0.25) is 4.98 Å². The Labute approximate surface area is 87.9 Å². The second kappa shape index (κ2) is 4.18. The number of aromatic nitrogens is 4. The van der Waals surface area contributed by atoms with Gasteiger partial charge in [0.1, 0.15) is 0 Å². The van der Waals surface area contributed by atoms with E-state index in [0.29, 0.717) is 13.1 Å². The van der Waals surface area contributed by atoms with Crippen LogP contribution in [0.5, 0.6) is 0 Å². The highest BCUT2D eigenvalue weighted by atomic mass is 15.4. The molecule has 0 aliphatic carbocycles. The lowest BCUT2D eigenvalue weighted by atomic mass is 10.2. The minimum atomic E-state index is 0.423. The van der Waals surface area contributed by atoms with Crippen molar-refractivity contribution in [2.45, 2.75) is 20.0 Å². The van der Waals surface area contributed by atoms with Crippen LogP contribution in [0.15, 0.2) is 24.7 Å². The molecule has 2 heterocycles. The predicted molar refractivity (Wildman–Crippen MR) is 56.0 cm³/mol. The van der Waals surface area contributed by atoms with E-state index in [-0.39, 0.29) is 0 Å². The zero-order valence-electron chi connectivity index (χ0n) is 8.59. The zero-order valence-corrected chi connectivity index (χ0v) is 8.59. The number of aryl methyl sites for hydroxylation is 1. The first-order valence-electron chi connectivity index (χ1n) is 4.77. The van der Waals surface area contributed by atoms with Crippen molar-refractivity contribution in [3.63, 3.8) is 0 Å². The molecule has 78 valence electrons. The van der Waals surface area contributed by atoms with E-state index in [0.717, 1.165) is 16.8 Å². The van der Waals surface area contributed by atoms with Crippen LogP contribution >= 0.6 is 0 Å². The Bertz CT molecular complexity index is 449. The SMILES string of the molecule is Cc1cncc(Cn2cc(CN)nn2)c1. The van der Waals surface area contributed by atoms with Crippen molar-refractivity contribution >= 4 is 0 Å². The van der Waals surface area contributed by atoms with Crippen LogP contribution in [-0.2, 0) is 13.1 Å². The highest BCUT2D eigenvalue weighted by molar-refractivity contribution is 5.16. The van der Waals surface area contributed by atoms with E-state index in [1.165, 1.54) is 0 Å². The number of hydrogen-bond acceptors (Lipinski definition) is 4. The molecule has 0 aliphatic heterocycles. The third-order valence-corrected chi connectivity index (χ3v) is 2.07. The highest BCUT2D eigenvalue weighted by Gasteiger charge is 2.00. The van der Waals surface area contributed by atoms with Crippen LogP contribution < -0.4 is 5.73 Å². The summed E-state index contributed by atoms with van der Waals surface area (Å²) in [5.74, 6) is 0. The van der Waals surface area contributed by atoms with E-state index in [1.807, 2.05) is 25.5 Å². The second-order valence-electron chi connectivity index (χ2n) is 3.48. The maximum atomic E-state index is 5.45. The van der Waals surface area contributed by atoms with Crippen LogP contribution in [0.25, 0.3) is 0 Å². The minimum Gasteiger partial charge on any atom is -0.325 e. The normalized spacial score (nSPS) is 10.5. The monoisotopic (exact) mass is 203 g/mol. The van der Waals surface area contributed by atoms with Crippen LogP contribution in [0.2, 0.25) is 0 Å². The third kappa shape index (κ3) is 2.38. The Balaban J connectivity index is 2.14. The van der Waals surface area contributed by atoms with Gasteiger partial charge in [-0.05, 0) is 18.1 Å². The van der Waals surface area contributed by atoms with Gasteiger partial charge in [-0.1, -0.05) is 11.3 Å². The molecular formula is C10H13N5. The molecule has 2 aromatic rings.